The van der Waals surface area contributed by atoms with Gasteiger partial charge < -0.3 is 10.1 Å². The van der Waals surface area contributed by atoms with Crippen LogP contribution in [-0.2, 0) is 14.3 Å². The fraction of sp³-hybridized carbons (Fsp3) is 0.200. The highest BCUT2D eigenvalue weighted by molar-refractivity contribution is 7.99. The maximum Gasteiger partial charge on any atom is 0.331 e. The summed E-state index contributed by atoms with van der Waals surface area (Å²) in [5.74, 6) is -0.149. The number of halogens is 1. The first kappa shape index (κ1) is 20.1. The third kappa shape index (κ3) is 7.76. The van der Waals surface area contributed by atoms with Crippen LogP contribution in [0.4, 0.5) is 0 Å². The van der Waals surface area contributed by atoms with Crippen molar-refractivity contribution in [2.24, 2.45) is 0 Å². The van der Waals surface area contributed by atoms with Crippen LogP contribution in [0.5, 0.6) is 0 Å². The molecule has 2 aromatic rings. The summed E-state index contributed by atoms with van der Waals surface area (Å²) >= 11 is 7.44. The number of thioether (sulfide) groups is 1. The van der Waals surface area contributed by atoms with Crippen molar-refractivity contribution >= 4 is 41.3 Å². The Kier molecular flexibility index (Phi) is 8.25. The number of hydrogen-bond acceptors (Lipinski definition) is 4. The predicted octanol–water partition coefficient (Wildman–Crippen LogP) is 4.11. The number of carbonyl (C=O) groups excluding carboxylic acids is 2. The zero-order valence-electron chi connectivity index (χ0n) is 14.4. The summed E-state index contributed by atoms with van der Waals surface area (Å²) in [4.78, 5) is 24.4. The molecule has 0 heterocycles. The summed E-state index contributed by atoms with van der Waals surface area (Å²) in [6.07, 6.45) is 2.97. The van der Waals surface area contributed by atoms with Crippen molar-refractivity contribution < 1.29 is 14.3 Å². The SMILES string of the molecule is Cc1ccc(/C=C/C(=O)OCC(=O)NCCSc2ccc(Cl)cc2)cc1. The molecule has 1 N–H and O–H groups in total. The molecular formula is C20H20ClNO3S. The largest absolute Gasteiger partial charge is 0.452 e. The summed E-state index contributed by atoms with van der Waals surface area (Å²) in [5.41, 5.74) is 2.05. The second-order valence-corrected chi connectivity index (χ2v) is 7.11. The summed E-state index contributed by atoms with van der Waals surface area (Å²) in [7, 11) is 0. The fourth-order valence-electron chi connectivity index (χ4n) is 1.97. The summed E-state index contributed by atoms with van der Waals surface area (Å²) in [5, 5.41) is 3.41. The predicted molar refractivity (Wildman–Crippen MR) is 106 cm³/mol. The van der Waals surface area contributed by atoms with Gasteiger partial charge in [0.15, 0.2) is 6.61 Å². The van der Waals surface area contributed by atoms with Crippen LogP contribution in [-0.4, -0.2) is 30.8 Å². The Morgan fingerprint density at radius 1 is 1.12 bits per heavy atom. The molecule has 4 nitrogen and oxygen atoms in total. The van der Waals surface area contributed by atoms with Crippen molar-refractivity contribution in [1.82, 2.24) is 5.32 Å². The molecular weight excluding hydrogens is 370 g/mol. The molecule has 0 saturated carbocycles. The van der Waals surface area contributed by atoms with Gasteiger partial charge in [0.25, 0.3) is 5.91 Å². The lowest BCUT2D eigenvalue weighted by molar-refractivity contribution is -0.143. The van der Waals surface area contributed by atoms with E-state index in [1.165, 1.54) is 6.08 Å². The van der Waals surface area contributed by atoms with Gasteiger partial charge in [0.05, 0.1) is 0 Å². The van der Waals surface area contributed by atoms with Crippen LogP contribution < -0.4 is 5.32 Å². The zero-order valence-corrected chi connectivity index (χ0v) is 16.0. The molecule has 2 aromatic carbocycles. The van der Waals surface area contributed by atoms with Gasteiger partial charge >= 0.3 is 5.97 Å². The molecule has 6 heteroatoms. The van der Waals surface area contributed by atoms with Crippen LogP contribution in [0.25, 0.3) is 6.08 Å². The average Bonchev–Trinajstić information content (AvgIpc) is 2.64. The molecule has 0 saturated heterocycles. The van der Waals surface area contributed by atoms with Gasteiger partial charge in [-0.3, -0.25) is 4.79 Å². The van der Waals surface area contributed by atoms with Crippen molar-refractivity contribution in [1.29, 1.82) is 0 Å². The molecule has 0 aliphatic heterocycles. The van der Waals surface area contributed by atoms with Crippen molar-refractivity contribution in [2.45, 2.75) is 11.8 Å². The molecule has 0 spiro atoms. The van der Waals surface area contributed by atoms with Crippen LogP contribution in [0, 0.1) is 6.92 Å². The Bertz CT molecular complexity index is 758. The van der Waals surface area contributed by atoms with Gasteiger partial charge in [0.2, 0.25) is 0 Å². The van der Waals surface area contributed by atoms with Crippen LogP contribution in [0.3, 0.4) is 0 Å². The van der Waals surface area contributed by atoms with E-state index in [2.05, 4.69) is 5.32 Å². The van der Waals surface area contributed by atoms with Gasteiger partial charge in [-0.25, -0.2) is 4.79 Å². The van der Waals surface area contributed by atoms with Gasteiger partial charge in [-0.1, -0.05) is 41.4 Å². The van der Waals surface area contributed by atoms with E-state index in [0.717, 1.165) is 16.0 Å². The molecule has 0 radical (unpaired) electrons. The number of rotatable bonds is 8. The Balaban J connectivity index is 1.61. The molecule has 0 fully saturated rings. The molecule has 0 unspecified atom stereocenters. The molecule has 0 aliphatic rings. The van der Waals surface area contributed by atoms with E-state index in [1.807, 2.05) is 55.5 Å². The molecule has 0 aromatic heterocycles. The highest BCUT2D eigenvalue weighted by Gasteiger charge is 2.04. The molecule has 0 aliphatic carbocycles. The van der Waals surface area contributed by atoms with Crippen LogP contribution in [0.2, 0.25) is 5.02 Å². The van der Waals surface area contributed by atoms with Gasteiger partial charge in [-0.2, -0.15) is 0 Å². The minimum atomic E-state index is -0.545. The van der Waals surface area contributed by atoms with Crippen molar-refractivity contribution in [3.8, 4) is 0 Å². The fourth-order valence-corrected chi connectivity index (χ4v) is 2.86. The molecule has 0 bridgehead atoms. The standard InChI is InChI=1S/C20H20ClNO3S/c1-15-2-4-16(5-3-15)6-11-20(24)25-14-19(23)22-12-13-26-18-9-7-17(21)8-10-18/h2-11H,12-14H2,1H3,(H,22,23)/b11-6+. The van der Waals surface area contributed by atoms with Gasteiger partial charge in [0.1, 0.15) is 0 Å². The van der Waals surface area contributed by atoms with E-state index < -0.39 is 5.97 Å². The van der Waals surface area contributed by atoms with Crippen molar-refractivity contribution in [2.75, 3.05) is 18.9 Å². The summed E-state index contributed by atoms with van der Waals surface area (Å²) in [6, 6.07) is 15.2. The minimum absolute atomic E-state index is 0.289. The summed E-state index contributed by atoms with van der Waals surface area (Å²) in [6.45, 7) is 2.19. The third-order valence-corrected chi connectivity index (χ3v) is 4.61. The van der Waals surface area contributed by atoms with E-state index in [4.69, 9.17) is 16.3 Å². The minimum Gasteiger partial charge on any atom is -0.452 e. The normalized spacial score (nSPS) is 10.7. The molecule has 2 rings (SSSR count). The maximum absolute atomic E-state index is 11.7. The van der Waals surface area contributed by atoms with Crippen molar-refractivity contribution in [3.05, 3.63) is 70.8 Å². The van der Waals surface area contributed by atoms with Gasteiger partial charge in [0, 0.05) is 28.3 Å². The van der Waals surface area contributed by atoms with E-state index in [9.17, 15) is 9.59 Å². The Hall–Kier alpha value is -2.24. The van der Waals surface area contributed by atoms with Crippen LogP contribution in [0.15, 0.2) is 59.5 Å². The second kappa shape index (κ2) is 10.7. The molecule has 1 amide bonds. The van der Waals surface area contributed by atoms with Crippen molar-refractivity contribution in [3.63, 3.8) is 0 Å². The molecule has 26 heavy (non-hydrogen) atoms. The number of hydrogen-bond donors (Lipinski definition) is 1. The van der Waals surface area contributed by atoms with E-state index in [0.29, 0.717) is 17.3 Å². The molecule has 136 valence electrons. The lowest BCUT2D eigenvalue weighted by atomic mass is 10.1. The van der Waals surface area contributed by atoms with Gasteiger partial charge in [-0.05, 0) is 42.8 Å². The lowest BCUT2D eigenvalue weighted by Gasteiger charge is -2.05. The number of amides is 1. The topological polar surface area (TPSA) is 55.4 Å². The Morgan fingerprint density at radius 2 is 1.81 bits per heavy atom. The quantitative estimate of drug-likeness (QED) is 0.319. The monoisotopic (exact) mass is 389 g/mol. The smallest absolute Gasteiger partial charge is 0.331 e. The number of aryl methyl sites for hydroxylation is 1. The van der Waals surface area contributed by atoms with Crippen LogP contribution >= 0.6 is 23.4 Å². The number of benzene rings is 2. The molecule has 0 atom stereocenters. The number of nitrogens with one attached hydrogen (secondary N) is 1. The van der Waals surface area contributed by atoms with Gasteiger partial charge in [-0.15, -0.1) is 11.8 Å². The zero-order chi connectivity index (χ0) is 18.8. The highest BCUT2D eigenvalue weighted by Crippen LogP contribution is 2.19. The second-order valence-electron chi connectivity index (χ2n) is 5.50. The Labute approximate surface area is 162 Å². The van der Waals surface area contributed by atoms with Crippen LogP contribution in [0.1, 0.15) is 11.1 Å². The number of carbonyl (C=O) groups is 2. The Morgan fingerprint density at radius 3 is 2.50 bits per heavy atom. The first-order chi connectivity index (χ1) is 12.5. The number of esters is 1. The maximum atomic E-state index is 11.7. The summed E-state index contributed by atoms with van der Waals surface area (Å²) < 4.78 is 4.92. The van der Waals surface area contributed by atoms with E-state index >= 15 is 0 Å². The first-order valence-electron chi connectivity index (χ1n) is 8.09. The third-order valence-electron chi connectivity index (χ3n) is 3.34. The number of ether oxygens (including phenoxy) is 1. The lowest BCUT2D eigenvalue weighted by Crippen LogP contribution is -2.30. The van der Waals surface area contributed by atoms with E-state index in [-0.39, 0.29) is 12.5 Å². The highest BCUT2D eigenvalue weighted by atomic mass is 35.5. The average molecular weight is 390 g/mol. The first-order valence-corrected chi connectivity index (χ1v) is 9.46. The van der Waals surface area contributed by atoms with E-state index in [1.54, 1.807) is 17.8 Å².